The van der Waals surface area contributed by atoms with E-state index in [4.69, 9.17) is 18.9 Å². The van der Waals surface area contributed by atoms with Gasteiger partial charge in [0.25, 0.3) is 11.8 Å². The molecule has 0 fully saturated rings. The second kappa shape index (κ2) is 20.5. The van der Waals surface area contributed by atoms with E-state index in [1.807, 2.05) is 135 Å². The summed E-state index contributed by atoms with van der Waals surface area (Å²) in [5, 5.41) is 0. The first-order valence-corrected chi connectivity index (χ1v) is 22.6. The molecule has 0 saturated carbocycles. The summed E-state index contributed by atoms with van der Waals surface area (Å²) in [6, 6.07) is 40.8. The fourth-order valence-electron chi connectivity index (χ4n) is 9.15. The van der Waals surface area contributed by atoms with Crippen LogP contribution in [0.1, 0.15) is 46.2 Å². The molecule has 2 heterocycles. The maximum absolute atomic E-state index is 17.2. The van der Waals surface area contributed by atoms with Gasteiger partial charge in [-0.15, -0.1) is 0 Å². The Morgan fingerprint density at radius 3 is 1.03 bits per heavy atom. The topological polar surface area (TPSA) is 84.0 Å². The third kappa shape index (κ3) is 9.45. The number of ether oxygens (including phenoxy) is 4. The standard InChI is InChI=1S/C56H56F2N4O6/c1-35-13-9-17-41(29-35)61(42-18-10-14-36(2)30-42)47-23-21-39(33-45(47)57)53-51-52(56(64)59(53)27-25-49(65-5)66-6)54(60(55(51)63)28-26-50(67-7)68-8)40-22-24-48(46(58)34-40)62(43-19-11-15-37(3)31-43)44-20-12-16-38(4)32-44/h9-24,29-34,49-50H,25-28H2,1-8H3. The van der Waals surface area contributed by atoms with Crippen LogP contribution < -0.4 is 9.80 Å². The fourth-order valence-corrected chi connectivity index (χ4v) is 9.15. The SMILES string of the molecule is COC(CCN1C(=O)C2=C(c3ccc(N(c4cccc(C)c4)c4cccc(C)c4)c(F)c3)N(CCC(OC)OC)C(=O)C2=C1c1ccc(N(c2cccc(C)c2)c2cccc(C)c2)c(F)c1)OC. The lowest BCUT2D eigenvalue weighted by Gasteiger charge is -2.29. The van der Waals surface area contributed by atoms with Crippen LogP contribution in [-0.4, -0.2) is 75.7 Å². The van der Waals surface area contributed by atoms with Crippen molar-refractivity contribution in [3.63, 3.8) is 0 Å². The number of carbonyl (C=O) groups is 2. The maximum atomic E-state index is 17.2. The molecule has 2 amide bonds. The van der Waals surface area contributed by atoms with Gasteiger partial charge in [-0.1, -0.05) is 60.7 Å². The van der Waals surface area contributed by atoms with Gasteiger partial charge in [0.2, 0.25) is 0 Å². The molecular weight excluding hydrogens is 863 g/mol. The van der Waals surface area contributed by atoms with Crippen molar-refractivity contribution in [1.82, 2.24) is 9.80 Å². The zero-order valence-corrected chi connectivity index (χ0v) is 39.7. The molecule has 10 nitrogen and oxygen atoms in total. The van der Waals surface area contributed by atoms with Crippen molar-refractivity contribution in [2.24, 2.45) is 0 Å². The van der Waals surface area contributed by atoms with Gasteiger partial charge in [-0.05, 0) is 123 Å². The highest BCUT2D eigenvalue weighted by Crippen LogP contribution is 2.49. The van der Waals surface area contributed by atoms with Gasteiger partial charge in [0.1, 0.15) is 11.6 Å². The molecule has 0 bridgehead atoms. The number of nitrogens with zero attached hydrogens (tertiary/aromatic N) is 4. The molecule has 0 spiro atoms. The van der Waals surface area contributed by atoms with E-state index in [9.17, 15) is 0 Å². The summed E-state index contributed by atoms with van der Waals surface area (Å²) < 4.78 is 56.4. The van der Waals surface area contributed by atoms with Crippen LogP contribution >= 0.6 is 0 Å². The minimum atomic E-state index is -0.683. The molecule has 0 radical (unpaired) electrons. The molecule has 0 aromatic heterocycles. The molecule has 0 unspecified atom stereocenters. The van der Waals surface area contributed by atoms with Crippen molar-refractivity contribution in [3.8, 4) is 0 Å². The summed E-state index contributed by atoms with van der Waals surface area (Å²) in [4.78, 5) is 37.0. The van der Waals surface area contributed by atoms with Crippen molar-refractivity contribution in [2.75, 3.05) is 51.3 Å². The number of halogens is 2. The average molecular weight is 919 g/mol. The highest BCUT2D eigenvalue weighted by Gasteiger charge is 2.49. The molecule has 0 atom stereocenters. The van der Waals surface area contributed by atoms with Gasteiger partial charge in [0.15, 0.2) is 12.6 Å². The maximum Gasteiger partial charge on any atom is 0.261 e. The van der Waals surface area contributed by atoms with Gasteiger partial charge >= 0.3 is 0 Å². The normalized spacial score (nSPS) is 13.8. The van der Waals surface area contributed by atoms with E-state index in [2.05, 4.69) is 0 Å². The Bertz CT molecular complexity index is 2640. The molecule has 6 aromatic rings. The predicted molar refractivity (Wildman–Crippen MR) is 263 cm³/mol. The number of methoxy groups -OCH3 is 4. The zero-order chi connectivity index (χ0) is 48.2. The van der Waals surface area contributed by atoms with E-state index in [0.717, 1.165) is 45.0 Å². The molecule has 2 aliphatic rings. The van der Waals surface area contributed by atoms with Gasteiger partial charge in [0, 0.05) is 88.2 Å². The predicted octanol–water partition coefficient (Wildman–Crippen LogP) is 12.0. The Hall–Kier alpha value is -6.96. The van der Waals surface area contributed by atoms with Crippen LogP contribution in [0.4, 0.5) is 42.9 Å². The smallest absolute Gasteiger partial charge is 0.261 e. The molecule has 6 aromatic carbocycles. The van der Waals surface area contributed by atoms with E-state index in [1.165, 1.54) is 50.4 Å². The minimum Gasteiger partial charge on any atom is -0.356 e. The van der Waals surface area contributed by atoms with Crippen molar-refractivity contribution in [2.45, 2.75) is 53.1 Å². The molecule has 0 saturated heterocycles. The summed E-state index contributed by atoms with van der Waals surface area (Å²) in [5.41, 5.74) is 8.79. The lowest BCUT2D eigenvalue weighted by Crippen LogP contribution is -2.33. The largest absolute Gasteiger partial charge is 0.356 e. The summed E-state index contributed by atoms with van der Waals surface area (Å²) >= 11 is 0. The van der Waals surface area contributed by atoms with Crippen molar-refractivity contribution < 1.29 is 37.3 Å². The second-order valence-electron chi connectivity index (χ2n) is 17.1. The molecule has 0 N–H and O–H groups in total. The van der Waals surface area contributed by atoms with Crippen molar-refractivity contribution in [3.05, 3.63) is 190 Å². The Labute approximate surface area is 397 Å². The first kappa shape index (κ1) is 47.5. The van der Waals surface area contributed by atoms with Gasteiger partial charge in [-0.2, -0.15) is 0 Å². The van der Waals surface area contributed by atoms with Crippen LogP contribution in [-0.2, 0) is 28.5 Å². The molecule has 68 heavy (non-hydrogen) atoms. The van der Waals surface area contributed by atoms with E-state index in [0.29, 0.717) is 11.1 Å². The van der Waals surface area contributed by atoms with Crippen LogP contribution in [0.3, 0.4) is 0 Å². The molecule has 2 aliphatic heterocycles. The van der Waals surface area contributed by atoms with Crippen LogP contribution in [0.2, 0.25) is 0 Å². The Balaban J connectivity index is 1.31. The Morgan fingerprint density at radius 1 is 0.456 bits per heavy atom. The highest BCUT2D eigenvalue weighted by atomic mass is 19.1. The van der Waals surface area contributed by atoms with Crippen LogP contribution in [0.5, 0.6) is 0 Å². The van der Waals surface area contributed by atoms with E-state index in [1.54, 1.807) is 24.3 Å². The van der Waals surface area contributed by atoms with Crippen molar-refractivity contribution >= 4 is 57.3 Å². The van der Waals surface area contributed by atoms with E-state index < -0.39 is 36.0 Å². The number of aryl methyl sites for hydroxylation is 4. The molecular formula is C56H56F2N4O6. The molecule has 8 rings (SSSR count). The molecule has 350 valence electrons. The van der Waals surface area contributed by atoms with E-state index in [-0.39, 0.29) is 59.8 Å². The van der Waals surface area contributed by atoms with Crippen LogP contribution in [0.15, 0.2) is 145 Å². The van der Waals surface area contributed by atoms with Gasteiger partial charge in [0.05, 0.1) is 33.9 Å². The van der Waals surface area contributed by atoms with Gasteiger partial charge in [-0.25, -0.2) is 8.78 Å². The number of anilines is 6. The third-order valence-corrected chi connectivity index (χ3v) is 12.4. The number of rotatable bonds is 18. The number of benzene rings is 6. The zero-order valence-electron chi connectivity index (χ0n) is 39.7. The van der Waals surface area contributed by atoms with Crippen LogP contribution in [0.25, 0.3) is 11.4 Å². The molecule has 12 heteroatoms. The number of carbonyl (C=O) groups excluding carboxylic acids is 2. The summed E-state index contributed by atoms with van der Waals surface area (Å²) in [6.45, 7) is 8.04. The lowest BCUT2D eigenvalue weighted by atomic mass is 10.0. The third-order valence-electron chi connectivity index (χ3n) is 12.4. The quantitative estimate of drug-likeness (QED) is 0.0789. The number of amides is 2. The number of fused-ring (bicyclic) bond motifs is 1. The summed E-state index contributed by atoms with van der Waals surface area (Å²) in [7, 11) is 6.01. The lowest BCUT2D eigenvalue weighted by molar-refractivity contribution is -0.127. The van der Waals surface area contributed by atoms with Crippen LogP contribution in [0, 0.1) is 39.3 Å². The average Bonchev–Trinajstić information content (AvgIpc) is 3.77. The first-order chi connectivity index (χ1) is 32.8. The fraction of sp³-hybridized carbons (Fsp3) is 0.250. The Morgan fingerprint density at radius 2 is 0.765 bits per heavy atom. The minimum absolute atomic E-state index is 0.0564. The second-order valence-corrected chi connectivity index (χ2v) is 17.1. The number of hydrogen-bond acceptors (Lipinski definition) is 8. The Kier molecular flexibility index (Phi) is 14.3. The van der Waals surface area contributed by atoms with Gasteiger partial charge < -0.3 is 38.5 Å². The summed E-state index contributed by atoms with van der Waals surface area (Å²) in [5.74, 6) is -2.16. The van der Waals surface area contributed by atoms with E-state index >= 15 is 18.4 Å². The van der Waals surface area contributed by atoms with Gasteiger partial charge in [-0.3, -0.25) is 9.59 Å². The first-order valence-electron chi connectivity index (χ1n) is 22.6. The summed E-state index contributed by atoms with van der Waals surface area (Å²) in [6.07, 6.45) is -0.910. The molecule has 0 aliphatic carbocycles. The monoisotopic (exact) mass is 918 g/mol. The highest BCUT2D eigenvalue weighted by molar-refractivity contribution is 6.30. The number of hydrogen-bond donors (Lipinski definition) is 0. The van der Waals surface area contributed by atoms with Crippen molar-refractivity contribution in [1.29, 1.82) is 0 Å².